The fourth-order valence-electron chi connectivity index (χ4n) is 1.52. The van der Waals surface area contributed by atoms with E-state index < -0.39 is 0 Å². The van der Waals surface area contributed by atoms with E-state index in [9.17, 15) is 9.59 Å². The fraction of sp³-hybridized carbons (Fsp3) is 0.500. The van der Waals surface area contributed by atoms with Crippen LogP contribution in [0.2, 0.25) is 0 Å². The van der Waals surface area contributed by atoms with Gasteiger partial charge in [0.1, 0.15) is 12.7 Å². The number of methoxy groups -OCH3 is 1. The van der Waals surface area contributed by atoms with Crippen molar-refractivity contribution in [2.24, 2.45) is 5.92 Å². The number of ketones is 1. The maximum Gasteiger partial charge on any atom is 0.302 e. The molecule has 0 spiro atoms. The SMILES string of the molecule is COC1CC(C=CCOC(C)=O)C=CC1=O. The first-order chi connectivity index (χ1) is 7.63. The molecule has 0 aromatic rings. The van der Waals surface area contributed by atoms with Crippen LogP contribution in [0.3, 0.4) is 0 Å². The maximum absolute atomic E-state index is 11.3. The molecule has 1 aliphatic rings. The van der Waals surface area contributed by atoms with Crippen LogP contribution in [0, 0.1) is 5.92 Å². The van der Waals surface area contributed by atoms with Crippen molar-refractivity contribution in [2.75, 3.05) is 13.7 Å². The van der Waals surface area contributed by atoms with E-state index in [2.05, 4.69) is 0 Å². The van der Waals surface area contributed by atoms with Crippen LogP contribution in [0.25, 0.3) is 0 Å². The number of hydrogen-bond acceptors (Lipinski definition) is 4. The zero-order valence-corrected chi connectivity index (χ0v) is 9.51. The molecule has 0 fully saturated rings. The quantitative estimate of drug-likeness (QED) is 0.533. The highest BCUT2D eigenvalue weighted by Gasteiger charge is 2.22. The van der Waals surface area contributed by atoms with Gasteiger partial charge < -0.3 is 9.47 Å². The number of carbonyl (C=O) groups excluding carboxylic acids is 2. The lowest BCUT2D eigenvalue weighted by Gasteiger charge is -2.20. The first kappa shape index (κ1) is 12.6. The largest absolute Gasteiger partial charge is 0.462 e. The number of allylic oxidation sites excluding steroid dienone is 2. The van der Waals surface area contributed by atoms with Gasteiger partial charge in [0.2, 0.25) is 0 Å². The molecule has 4 nitrogen and oxygen atoms in total. The van der Waals surface area contributed by atoms with Crippen molar-refractivity contribution in [1.82, 2.24) is 0 Å². The van der Waals surface area contributed by atoms with E-state index in [1.165, 1.54) is 14.0 Å². The molecule has 0 heterocycles. The predicted octanol–water partition coefficient (Wildman–Crippen LogP) is 1.27. The Morgan fingerprint density at radius 1 is 1.62 bits per heavy atom. The molecule has 0 aliphatic heterocycles. The van der Waals surface area contributed by atoms with Crippen LogP contribution in [0.4, 0.5) is 0 Å². The van der Waals surface area contributed by atoms with Gasteiger partial charge >= 0.3 is 5.97 Å². The molecule has 0 aromatic heterocycles. The van der Waals surface area contributed by atoms with Gasteiger partial charge in [0.05, 0.1) is 0 Å². The smallest absolute Gasteiger partial charge is 0.302 e. The molecule has 0 amide bonds. The van der Waals surface area contributed by atoms with Crippen LogP contribution in [-0.2, 0) is 19.1 Å². The molecule has 0 N–H and O–H groups in total. The average Bonchev–Trinajstić information content (AvgIpc) is 2.26. The number of carbonyl (C=O) groups is 2. The summed E-state index contributed by atoms with van der Waals surface area (Å²) < 4.78 is 9.82. The molecule has 2 unspecified atom stereocenters. The Morgan fingerprint density at radius 2 is 2.38 bits per heavy atom. The van der Waals surface area contributed by atoms with E-state index in [-0.39, 0.29) is 30.4 Å². The predicted molar refractivity (Wildman–Crippen MR) is 58.8 cm³/mol. The van der Waals surface area contributed by atoms with Crippen LogP contribution < -0.4 is 0 Å². The van der Waals surface area contributed by atoms with Crippen molar-refractivity contribution in [3.8, 4) is 0 Å². The third kappa shape index (κ3) is 3.98. The monoisotopic (exact) mass is 224 g/mol. The summed E-state index contributed by atoms with van der Waals surface area (Å²) in [5.74, 6) is -0.126. The van der Waals surface area contributed by atoms with E-state index >= 15 is 0 Å². The lowest BCUT2D eigenvalue weighted by molar-refractivity contribution is -0.139. The van der Waals surface area contributed by atoms with Crippen LogP contribution in [0.5, 0.6) is 0 Å². The maximum atomic E-state index is 11.3. The molecular formula is C12H16O4. The Bertz CT molecular complexity index is 317. The van der Waals surface area contributed by atoms with Crippen molar-refractivity contribution >= 4 is 11.8 Å². The molecule has 4 heteroatoms. The lowest BCUT2D eigenvalue weighted by atomic mass is 9.92. The summed E-state index contributed by atoms with van der Waals surface area (Å²) in [7, 11) is 1.53. The third-order valence-electron chi connectivity index (χ3n) is 2.36. The summed E-state index contributed by atoms with van der Waals surface area (Å²) in [6.07, 6.45) is 7.35. The van der Waals surface area contributed by atoms with Gasteiger partial charge in [-0.3, -0.25) is 9.59 Å². The van der Waals surface area contributed by atoms with Crippen LogP contribution in [0.15, 0.2) is 24.3 Å². The molecule has 88 valence electrons. The Morgan fingerprint density at radius 3 is 3.00 bits per heavy atom. The van der Waals surface area contributed by atoms with Gasteiger partial charge in [-0.1, -0.05) is 18.2 Å². The summed E-state index contributed by atoms with van der Waals surface area (Å²) in [5, 5.41) is 0. The molecule has 16 heavy (non-hydrogen) atoms. The summed E-state index contributed by atoms with van der Waals surface area (Å²) in [6, 6.07) is 0. The summed E-state index contributed by atoms with van der Waals surface area (Å²) in [4.78, 5) is 21.8. The zero-order chi connectivity index (χ0) is 12.0. The van der Waals surface area contributed by atoms with Crippen molar-refractivity contribution in [1.29, 1.82) is 0 Å². The van der Waals surface area contributed by atoms with Gasteiger partial charge in [-0.25, -0.2) is 0 Å². The zero-order valence-electron chi connectivity index (χ0n) is 9.51. The van der Waals surface area contributed by atoms with Crippen LogP contribution in [0.1, 0.15) is 13.3 Å². The highest BCUT2D eigenvalue weighted by atomic mass is 16.5. The van der Waals surface area contributed by atoms with Gasteiger partial charge in [0.15, 0.2) is 5.78 Å². The Kier molecular flexibility index (Phi) is 4.92. The van der Waals surface area contributed by atoms with E-state index in [1.54, 1.807) is 12.2 Å². The van der Waals surface area contributed by atoms with Crippen molar-refractivity contribution in [3.63, 3.8) is 0 Å². The summed E-state index contributed by atoms with van der Waals surface area (Å²) in [5.41, 5.74) is 0. The highest BCUT2D eigenvalue weighted by Crippen LogP contribution is 2.18. The van der Waals surface area contributed by atoms with Crippen LogP contribution in [-0.4, -0.2) is 31.6 Å². The molecule has 0 bridgehead atoms. The first-order valence-electron chi connectivity index (χ1n) is 5.18. The summed E-state index contributed by atoms with van der Waals surface area (Å²) in [6.45, 7) is 1.64. The minimum atomic E-state index is -0.353. The van der Waals surface area contributed by atoms with E-state index in [1.807, 2.05) is 12.2 Å². The van der Waals surface area contributed by atoms with Gasteiger partial charge in [0, 0.05) is 14.0 Å². The Hall–Kier alpha value is -1.42. The standard InChI is InChI=1S/C12H16O4/c1-9(13)16-7-3-4-10-5-6-11(14)12(8-10)15-2/h3-6,10,12H,7-8H2,1-2H3. The number of hydrogen-bond donors (Lipinski definition) is 0. The van der Waals surface area contributed by atoms with Gasteiger partial charge in [-0.05, 0) is 18.4 Å². The molecule has 2 atom stereocenters. The van der Waals surface area contributed by atoms with Crippen molar-refractivity contribution in [3.05, 3.63) is 24.3 Å². The van der Waals surface area contributed by atoms with Gasteiger partial charge in [-0.2, -0.15) is 0 Å². The van der Waals surface area contributed by atoms with Crippen LogP contribution >= 0.6 is 0 Å². The topological polar surface area (TPSA) is 52.6 Å². The highest BCUT2D eigenvalue weighted by molar-refractivity contribution is 5.94. The molecule has 0 radical (unpaired) electrons. The molecule has 0 saturated carbocycles. The van der Waals surface area contributed by atoms with E-state index in [0.717, 1.165) is 0 Å². The molecule has 1 rings (SSSR count). The first-order valence-corrected chi connectivity index (χ1v) is 5.18. The second kappa shape index (κ2) is 6.23. The summed E-state index contributed by atoms with van der Waals surface area (Å²) >= 11 is 0. The normalized spacial score (nSPS) is 25.0. The minimum Gasteiger partial charge on any atom is -0.462 e. The van der Waals surface area contributed by atoms with Gasteiger partial charge in [-0.15, -0.1) is 0 Å². The number of esters is 1. The Labute approximate surface area is 94.9 Å². The van der Waals surface area contributed by atoms with Gasteiger partial charge in [0.25, 0.3) is 0 Å². The average molecular weight is 224 g/mol. The lowest BCUT2D eigenvalue weighted by Crippen LogP contribution is -2.26. The fourth-order valence-corrected chi connectivity index (χ4v) is 1.52. The van der Waals surface area contributed by atoms with Crippen molar-refractivity contribution < 1.29 is 19.1 Å². The second-order valence-electron chi connectivity index (χ2n) is 3.62. The Balaban J connectivity index is 2.41. The van der Waals surface area contributed by atoms with Crippen molar-refractivity contribution in [2.45, 2.75) is 19.4 Å². The second-order valence-corrected chi connectivity index (χ2v) is 3.62. The third-order valence-corrected chi connectivity index (χ3v) is 2.36. The number of ether oxygens (including phenoxy) is 2. The molecule has 0 aromatic carbocycles. The van der Waals surface area contributed by atoms with E-state index in [4.69, 9.17) is 9.47 Å². The minimum absolute atomic E-state index is 0.00661. The van der Waals surface area contributed by atoms with E-state index in [0.29, 0.717) is 6.42 Å². The molecular weight excluding hydrogens is 208 g/mol. The number of rotatable bonds is 4. The molecule has 1 aliphatic carbocycles. The molecule has 0 saturated heterocycles.